The number of carbonyl (C=O) groups is 1. The van der Waals surface area contributed by atoms with Crippen molar-refractivity contribution >= 4 is 61.0 Å². The van der Waals surface area contributed by atoms with Gasteiger partial charge in [0.2, 0.25) is 0 Å². The summed E-state index contributed by atoms with van der Waals surface area (Å²) in [6.45, 7) is -0.165. The summed E-state index contributed by atoms with van der Waals surface area (Å²) >= 11 is 3.57. The van der Waals surface area contributed by atoms with Crippen LogP contribution < -0.4 is 9.64 Å². The molecule has 0 aliphatic carbocycles. The van der Waals surface area contributed by atoms with E-state index in [4.69, 9.17) is 4.74 Å². The number of carbonyl (C=O) groups excluding carboxylic acids is 1. The number of hydrogen-bond acceptors (Lipinski definition) is 5. The van der Waals surface area contributed by atoms with E-state index in [0.29, 0.717) is 10.9 Å². The first kappa shape index (κ1) is 19.7. The number of thioether (sulfide) groups is 1. The highest BCUT2D eigenvalue weighted by Gasteiger charge is 2.49. The molecule has 2 atom stereocenters. The summed E-state index contributed by atoms with van der Waals surface area (Å²) in [5, 5.41) is 0.415. The Morgan fingerprint density at radius 3 is 2.71 bits per heavy atom. The lowest BCUT2D eigenvalue weighted by atomic mass is 10.2. The molecule has 146 valence electrons. The Labute approximate surface area is 181 Å². The van der Waals surface area contributed by atoms with Crippen LogP contribution in [0.5, 0.6) is 5.75 Å². The maximum absolute atomic E-state index is 12.4. The van der Waals surface area contributed by atoms with Gasteiger partial charge in [-0.2, -0.15) is 4.99 Å². The second-order valence-corrected chi connectivity index (χ2v) is 11.1. The standard InChI is InChI=1S/C19H17IN2O4S2/c20-13-5-4-6-14(9-13)22-16-11-28(24,25)12-17(16)27-19(22)21-18(23)10-26-15-7-2-1-3-8-15/h1-9,16-17H,10-12H2/t16-,17-/m1/s1. The molecule has 2 aromatic rings. The molecule has 28 heavy (non-hydrogen) atoms. The van der Waals surface area contributed by atoms with Crippen LogP contribution in [-0.2, 0) is 14.6 Å². The Balaban J connectivity index is 1.58. The van der Waals surface area contributed by atoms with E-state index in [1.807, 2.05) is 47.4 Å². The molecule has 0 saturated carbocycles. The van der Waals surface area contributed by atoms with Crippen molar-refractivity contribution in [2.24, 2.45) is 4.99 Å². The lowest BCUT2D eigenvalue weighted by molar-refractivity contribution is -0.119. The van der Waals surface area contributed by atoms with Crippen molar-refractivity contribution in [1.29, 1.82) is 0 Å². The van der Waals surface area contributed by atoms with Crippen molar-refractivity contribution in [3.63, 3.8) is 0 Å². The number of hydrogen-bond donors (Lipinski definition) is 0. The second-order valence-electron chi connectivity index (χ2n) is 6.54. The van der Waals surface area contributed by atoms with Gasteiger partial charge in [0.05, 0.1) is 17.5 Å². The Morgan fingerprint density at radius 1 is 1.18 bits per heavy atom. The molecule has 0 spiro atoms. The molecule has 2 heterocycles. The molecule has 4 rings (SSSR count). The number of fused-ring (bicyclic) bond motifs is 1. The number of anilines is 1. The van der Waals surface area contributed by atoms with Crippen LogP contribution >= 0.6 is 34.4 Å². The highest BCUT2D eigenvalue weighted by Crippen LogP contribution is 2.41. The molecule has 0 N–H and O–H groups in total. The minimum atomic E-state index is -3.08. The molecule has 0 bridgehead atoms. The fraction of sp³-hybridized carbons (Fsp3) is 0.263. The van der Waals surface area contributed by atoms with Crippen LogP contribution in [0.15, 0.2) is 59.6 Å². The summed E-state index contributed by atoms with van der Waals surface area (Å²) in [5.74, 6) is 0.387. The van der Waals surface area contributed by atoms with Crippen LogP contribution in [-0.4, -0.2) is 48.9 Å². The van der Waals surface area contributed by atoms with E-state index in [0.717, 1.165) is 9.26 Å². The summed E-state index contributed by atoms with van der Waals surface area (Å²) in [7, 11) is -3.08. The highest BCUT2D eigenvalue weighted by molar-refractivity contribution is 14.1. The monoisotopic (exact) mass is 528 g/mol. The number of amidine groups is 1. The molecular weight excluding hydrogens is 511 g/mol. The van der Waals surface area contributed by atoms with Crippen molar-refractivity contribution in [3.05, 3.63) is 58.2 Å². The summed E-state index contributed by atoms with van der Waals surface area (Å²) in [6.07, 6.45) is 0. The van der Waals surface area contributed by atoms with Gasteiger partial charge in [-0.3, -0.25) is 4.79 Å². The number of para-hydroxylation sites is 1. The minimum absolute atomic E-state index is 0.0733. The topological polar surface area (TPSA) is 76.0 Å². The SMILES string of the molecule is O=C(COc1ccccc1)N=C1S[C@@H]2CS(=O)(=O)C[C@H]2N1c1cccc(I)c1. The molecule has 2 fully saturated rings. The van der Waals surface area contributed by atoms with E-state index in [-0.39, 0.29) is 29.4 Å². The molecule has 9 heteroatoms. The lowest BCUT2D eigenvalue weighted by Crippen LogP contribution is -2.37. The normalized spacial score (nSPS) is 24.3. The fourth-order valence-corrected chi connectivity index (χ4v) is 7.75. The average Bonchev–Trinajstić information content (AvgIpc) is 3.11. The van der Waals surface area contributed by atoms with E-state index in [1.54, 1.807) is 12.1 Å². The smallest absolute Gasteiger partial charge is 0.285 e. The number of amides is 1. The van der Waals surface area contributed by atoms with Crippen molar-refractivity contribution in [2.45, 2.75) is 11.3 Å². The van der Waals surface area contributed by atoms with Gasteiger partial charge in [-0.25, -0.2) is 8.42 Å². The molecule has 2 aromatic carbocycles. The van der Waals surface area contributed by atoms with E-state index in [2.05, 4.69) is 27.6 Å². The predicted octanol–water partition coefficient (Wildman–Crippen LogP) is 2.97. The van der Waals surface area contributed by atoms with Crippen molar-refractivity contribution in [1.82, 2.24) is 0 Å². The third-order valence-corrected chi connectivity index (χ3v) is 8.36. The summed E-state index contributed by atoms with van der Waals surface area (Å²) < 4.78 is 30.7. The molecule has 0 aromatic heterocycles. The van der Waals surface area contributed by atoms with Gasteiger partial charge < -0.3 is 9.64 Å². The van der Waals surface area contributed by atoms with Gasteiger partial charge in [-0.15, -0.1) is 0 Å². The van der Waals surface area contributed by atoms with Crippen LogP contribution in [0.1, 0.15) is 0 Å². The van der Waals surface area contributed by atoms with Crippen LogP contribution in [0.4, 0.5) is 5.69 Å². The molecule has 2 aliphatic rings. The number of sulfone groups is 1. The van der Waals surface area contributed by atoms with Crippen LogP contribution in [0.3, 0.4) is 0 Å². The third kappa shape index (κ3) is 4.36. The zero-order valence-corrected chi connectivity index (χ0v) is 18.5. The van der Waals surface area contributed by atoms with Crippen LogP contribution in [0, 0.1) is 3.57 Å². The number of nitrogens with zero attached hydrogens (tertiary/aromatic N) is 2. The van der Waals surface area contributed by atoms with Gasteiger partial charge in [0.25, 0.3) is 5.91 Å². The maximum atomic E-state index is 12.4. The molecule has 2 aliphatic heterocycles. The minimum Gasteiger partial charge on any atom is -0.484 e. The van der Waals surface area contributed by atoms with Gasteiger partial charge in [0, 0.05) is 14.5 Å². The van der Waals surface area contributed by atoms with Gasteiger partial charge in [-0.05, 0) is 52.9 Å². The summed E-state index contributed by atoms with van der Waals surface area (Å²) in [6, 6.07) is 16.6. The fourth-order valence-electron chi connectivity index (χ4n) is 3.29. The number of rotatable bonds is 4. The van der Waals surface area contributed by atoms with E-state index >= 15 is 0 Å². The Kier molecular flexibility index (Phi) is 5.66. The van der Waals surface area contributed by atoms with Gasteiger partial charge >= 0.3 is 0 Å². The lowest BCUT2D eigenvalue weighted by Gasteiger charge is -2.24. The van der Waals surface area contributed by atoms with E-state index in [1.165, 1.54) is 11.8 Å². The maximum Gasteiger partial charge on any atom is 0.285 e. The number of ether oxygens (including phenoxy) is 1. The first-order valence-electron chi connectivity index (χ1n) is 8.62. The first-order valence-corrected chi connectivity index (χ1v) is 12.4. The molecule has 6 nitrogen and oxygen atoms in total. The molecule has 1 amide bonds. The average molecular weight is 528 g/mol. The Hall–Kier alpha value is -1.59. The largest absolute Gasteiger partial charge is 0.484 e. The van der Waals surface area contributed by atoms with E-state index < -0.39 is 15.7 Å². The first-order chi connectivity index (χ1) is 13.4. The Morgan fingerprint density at radius 2 is 1.96 bits per heavy atom. The van der Waals surface area contributed by atoms with Crippen LogP contribution in [0.25, 0.3) is 0 Å². The van der Waals surface area contributed by atoms with Gasteiger partial charge in [-0.1, -0.05) is 36.0 Å². The van der Waals surface area contributed by atoms with Gasteiger partial charge in [0.1, 0.15) is 5.75 Å². The molecule has 0 radical (unpaired) electrons. The summed E-state index contributed by atoms with van der Waals surface area (Å²) in [5.41, 5.74) is 0.847. The van der Waals surface area contributed by atoms with Crippen LogP contribution in [0.2, 0.25) is 0 Å². The quantitative estimate of drug-likeness (QED) is 0.569. The number of halogens is 1. The summed E-state index contributed by atoms with van der Waals surface area (Å²) in [4.78, 5) is 18.5. The number of benzene rings is 2. The van der Waals surface area contributed by atoms with Crippen molar-refractivity contribution in [2.75, 3.05) is 23.0 Å². The molecule has 0 unspecified atom stereocenters. The molecule has 2 saturated heterocycles. The van der Waals surface area contributed by atoms with Crippen molar-refractivity contribution < 1.29 is 17.9 Å². The predicted molar refractivity (Wildman–Crippen MR) is 120 cm³/mol. The van der Waals surface area contributed by atoms with Crippen molar-refractivity contribution in [3.8, 4) is 5.75 Å². The van der Waals surface area contributed by atoms with Gasteiger partial charge in [0.15, 0.2) is 21.6 Å². The Bertz CT molecular complexity index is 1030. The zero-order chi connectivity index (χ0) is 19.7. The van der Waals surface area contributed by atoms with E-state index in [9.17, 15) is 13.2 Å². The molecular formula is C19H17IN2O4S2. The second kappa shape index (κ2) is 8.03. The highest BCUT2D eigenvalue weighted by atomic mass is 127. The number of aliphatic imine (C=N–C) groups is 1. The third-order valence-electron chi connectivity index (χ3n) is 4.48. The zero-order valence-electron chi connectivity index (χ0n) is 14.7.